The summed E-state index contributed by atoms with van der Waals surface area (Å²) in [5.74, 6) is 5.17. The Morgan fingerprint density at radius 3 is 2.17 bits per heavy atom. The Labute approximate surface area is 68.3 Å². The van der Waals surface area contributed by atoms with Crippen molar-refractivity contribution in [3.8, 4) is 0 Å². The van der Waals surface area contributed by atoms with Crippen LogP contribution in [-0.4, -0.2) is 24.1 Å². The van der Waals surface area contributed by atoms with E-state index in [1.54, 1.807) is 0 Å². The first kappa shape index (κ1) is 11.0. The van der Waals surface area contributed by atoms with Gasteiger partial charge in [0, 0.05) is 7.05 Å². The van der Waals surface area contributed by atoms with Gasteiger partial charge in [0.25, 0.3) is 0 Å². The van der Waals surface area contributed by atoms with E-state index >= 15 is 0 Å². The lowest BCUT2D eigenvalue weighted by Crippen LogP contribution is -2.31. The molecule has 0 atom stereocenters. The summed E-state index contributed by atoms with van der Waals surface area (Å²) in [6.45, 7) is 4.11. The number of hydrazine groups is 1. The summed E-state index contributed by atoms with van der Waals surface area (Å²) < 4.78 is 35.4. The molecule has 0 fully saturated rings. The molecule has 0 aliphatic carbocycles. The monoisotopic (exact) mass is 181 g/mol. The predicted octanol–water partition coefficient (Wildman–Crippen LogP) is 1.29. The number of aliphatic imine (C=N–C) groups is 1. The highest BCUT2D eigenvalue weighted by molar-refractivity contribution is 5.79. The minimum Gasteiger partial charge on any atom is -0.302 e. The number of amidine groups is 1. The number of hydrogen-bond acceptors (Lipinski definition) is 2. The van der Waals surface area contributed by atoms with E-state index in [9.17, 15) is 13.2 Å². The summed E-state index contributed by atoms with van der Waals surface area (Å²) in [6, 6.07) is 0. The third-order valence-electron chi connectivity index (χ3n) is 1.13. The first-order chi connectivity index (χ1) is 5.25. The fourth-order valence-electron chi connectivity index (χ4n) is 0.338. The molecule has 0 radical (unpaired) electrons. The quantitative estimate of drug-likeness (QED) is 0.286. The maximum absolute atomic E-state index is 11.8. The first-order valence-electron chi connectivity index (χ1n) is 3.05. The largest absolute Gasteiger partial charge is 0.432 e. The molecule has 3 nitrogen and oxygen atoms in total. The van der Waals surface area contributed by atoms with Crippen LogP contribution in [-0.2, 0) is 0 Å². The second-order valence-corrected chi connectivity index (χ2v) is 2.21. The molecule has 0 rings (SSSR count). The van der Waals surface area contributed by atoms with Gasteiger partial charge in [-0.15, -0.1) is 0 Å². The lowest BCUT2D eigenvalue weighted by Gasteiger charge is -2.12. The highest BCUT2D eigenvalue weighted by Crippen LogP contribution is 2.24. The number of rotatable bonds is 1. The number of nitrogens with zero attached hydrogens (tertiary/aromatic N) is 2. The van der Waals surface area contributed by atoms with Gasteiger partial charge in [-0.3, -0.25) is 0 Å². The third-order valence-corrected chi connectivity index (χ3v) is 1.13. The Balaban J connectivity index is 4.46. The second-order valence-electron chi connectivity index (χ2n) is 2.21. The summed E-state index contributed by atoms with van der Waals surface area (Å²) in [5.41, 5.74) is -1.16. The Morgan fingerprint density at radius 1 is 1.50 bits per heavy atom. The van der Waals surface area contributed by atoms with Gasteiger partial charge < -0.3 is 5.01 Å². The van der Waals surface area contributed by atoms with Crippen LogP contribution in [0.4, 0.5) is 13.2 Å². The van der Waals surface area contributed by atoms with Gasteiger partial charge in [0.15, 0.2) is 0 Å². The van der Waals surface area contributed by atoms with Crippen LogP contribution in [0.2, 0.25) is 0 Å². The summed E-state index contributed by atoms with van der Waals surface area (Å²) in [5, 5.41) is 0.983. The molecule has 0 aromatic carbocycles. The van der Waals surface area contributed by atoms with Gasteiger partial charge >= 0.3 is 6.18 Å². The van der Waals surface area contributed by atoms with Gasteiger partial charge in [0.2, 0.25) is 0 Å². The van der Waals surface area contributed by atoms with Crippen LogP contribution in [0.25, 0.3) is 0 Å². The van der Waals surface area contributed by atoms with Crippen LogP contribution < -0.4 is 5.84 Å². The number of hydrogen-bond donors (Lipinski definition) is 1. The van der Waals surface area contributed by atoms with Gasteiger partial charge in [-0.25, -0.2) is 10.8 Å². The maximum atomic E-state index is 11.8. The van der Waals surface area contributed by atoms with Crippen molar-refractivity contribution in [1.29, 1.82) is 0 Å². The highest BCUT2D eigenvalue weighted by Gasteiger charge is 2.32. The third kappa shape index (κ3) is 3.38. The minimum absolute atomic E-state index is 0.0531. The van der Waals surface area contributed by atoms with E-state index in [1.807, 2.05) is 0 Å². The van der Waals surface area contributed by atoms with Crippen molar-refractivity contribution < 1.29 is 13.2 Å². The van der Waals surface area contributed by atoms with E-state index in [1.165, 1.54) is 14.0 Å². The van der Waals surface area contributed by atoms with Crippen molar-refractivity contribution in [3.05, 3.63) is 12.3 Å². The van der Waals surface area contributed by atoms with E-state index in [4.69, 9.17) is 5.84 Å². The molecule has 70 valence electrons. The van der Waals surface area contributed by atoms with Gasteiger partial charge in [-0.05, 0) is 6.92 Å². The first-order valence-corrected chi connectivity index (χ1v) is 3.05. The van der Waals surface area contributed by atoms with Crippen LogP contribution in [0.1, 0.15) is 6.92 Å². The molecular weight excluding hydrogens is 171 g/mol. The van der Waals surface area contributed by atoms with Crippen LogP contribution in [0.15, 0.2) is 17.3 Å². The van der Waals surface area contributed by atoms with Crippen LogP contribution in [0.5, 0.6) is 0 Å². The number of halogens is 3. The van der Waals surface area contributed by atoms with Crippen molar-refractivity contribution in [3.63, 3.8) is 0 Å². The average molecular weight is 181 g/mol. The van der Waals surface area contributed by atoms with Gasteiger partial charge in [0.1, 0.15) is 11.5 Å². The summed E-state index contributed by atoms with van der Waals surface area (Å²) in [7, 11) is 1.39. The van der Waals surface area contributed by atoms with Crippen molar-refractivity contribution in [1.82, 2.24) is 5.01 Å². The van der Waals surface area contributed by atoms with Crippen LogP contribution in [0, 0.1) is 0 Å². The SMILES string of the molecule is C=C(N=C(C)N(C)N)C(F)(F)F. The molecule has 0 spiro atoms. The lowest BCUT2D eigenvalue weighted by molar-refractivity contribution is -0.0920. The number of allylic oxidation sites excluding steroid dienone is 1. The highest BCUT2D eigenvalue weighted by atomic mass is 19.4. The van der Waals surface area contributed by atoms with E-state index in [0.29, 0.717) is 0 Å². The minimum atomic E-state index is -4.49. The molecule has 0 bridgehead atoms. The number of alkyl halides is 3. The zero-order valence-corrected chi connectivity index (χ0v) is 6.81. The normalized spacial score (nSPS) is 13.0. The van der Waals surface area contributed by atoms with Gasteiger partial charge in [-0.2, -0.15) is 13.2 Å². The fraction of sp³-hybridized carbons (Fsp3) is 0.500. The maximum Gasteiger partial charge on any atom is 0.432 e. The van der Waals surface area contributed by atoms with Crippen LogP contribution >= 0.6 is 0 Å². The molecule has 0 saturated heterocycles. The topological polar surface area (TPSA) is 41.6 Å². The molecule has 0 saturated carbocycles. The Kier molecular flexibility index (Phi) is 3.26. The van der Waals surface area contributed by atoms with Crippen molar-refractivity contribution in [2.24, 2.45) is 10.8 Å². The molecule has 12 heavy (non-hydrogen) atoms. The predicted molar refractivity (Wildman–Crippen MR) is 40.3 cm³/mol. The Morgan fingerprint density at radius 2 is 1.92 bits per heavy atom. The van der Waals surface area contributed by atoms with E-state index in [0.717, 1.165) is 5.01 Å². The summed E-state index contributed by atoms with van der Waals surface area (Å²) >= 11 is 0. The molecule has 0 aromatic rings. The van der Waals surface area contributed by atoms with Crippen LogP contribution in [0.3, 0.4) is 0 Å². The standard InChI is InChI=1S/C6H10F3N3/c1-4(6(7,8)9)11-5(2)12(3)10/h1,10H2,2-3H3. The summed E-state index contributed by atoms with van der Waals surface area (Å²) in [6.07, 6.45) is -4.49. The summed E-state index contributed by atoms with van der Waals surface area (Å²) in [4.78, 5) is 3.15. The number of nitrogens with two attached hydrogens (primary N) is 1. The zero-order valence-electron chi connectivity index (χ0n) is 6.81. The molecule has 0 heterocycles. The molecule has 0 amide bonds. The molecule has 2 N–H and O–H groups in total. The van der Waals surface area contributed by atoms with E-state index in [-0.39, 0.29) is 5.84 Å². The van der Waals surface area contributed by atoms with E-state index in [2.05, 4.69) is 11.6 Å². The molecule has 0 aliphatic heterocycles. The van der Waals surface area contributed by atoms with Crippen molar-refractivity contribution in [2.75, 3.05) is 7.05 Å². The Hall–Kier alpha value is -1.04. The molecular formula is C6H10F3N3. The fourth-order valence-corrected chi connectivity index (χ4v) is 0.338. The molecule has 0 aliphatic rings. The molecule has 0 aromatic heterocycles. The van der Waals surface area contributed by atoms with Crippen molar-refractivity contribution >= 4 is 5.84 Å². The average Bonchev–Trinajstić information content (AvgIpc) is 1.85. The second kappa shape index (κ2) is 3.57. The molecule has 6 heteroatoms. The lowest BCUT2D eigenvalue weighted by atomic mass is 10.5. The van der Waals surface area contributed by atoms with E-state index < -0.39 is 11.9 Å². The molecule has 0 unspecified atom stereocenters. The smallest absolute Gasteiger partial charge is 0.302 e. The zero-order chi connectivity index (χ0) is 9.94. The van der Waals surface area contributed by atoms with Crippen molar-refractivity contribution in [2.45, 2.75) is 13.1 Å². The Bertz CT molecular complexity index is 205. The van der Waals surface area contributed by atoms with Gasteiger partial charge in [0.05, 0.1) is 0 Å². The van der Waals surface area contributed by atoms with Gasteiger partial charge in [-0.1, -0.05) is 6.58 Å².